The van der Waals surface area contributed by atoms with E-state index in [2.05, 4.69) is 156 Å². The Morgan fingerprint density at radius 3 is 1.15 bits per heavy atom. The van der Waals surface area contributed by atoms with E-state index in [0.717, 1.165) is 22.1 Å². The summed E-state index contributed by atoms with van der Waals surface area (Å²) in [5.74, 6) is 0. The van der Waals surface area contributed by atoms with Crippen LogP contribution in [0.25, 0.3) is 54.8 Å². The van der Waals surface area contributed by atoms with E-state index < -0.39 is 0 Å². The monoisotopic (exact) mass is 510 g/mol. The van der Waals surface area contributed by atoms with Gasteiger partial charge in [0.1, 0.15) is 0 Å². The van der Waals surface area contributed by atoms with Gasteiger partial charge >= 0.3 is 0 Å². The molecule has 0 atom stereocenters. The van der Waals surface area contributed by atoms with Crippen LogP contribution in [0.3, 0.4) is 0 Å². The molecule has 0 radical (unpaired) electrons. The average Bonchev–Trinajstić information content (AvgIpc) is 3.60. The molecule has 0 fully saturated rings. The van der Waals surface area contributed by atoms with Crippen molar-refractivity contribution in [1.82, 2.24) is 9.97 Å². The molecule has 0 unspecified atom stereocenters. The van der Waals surface area contributed by atoms with Crippen LogP contribution >= 0.6 is 0 Å². The fourth-order valence-corrected chi connectivity index (χ4v) is 6.24. The van der Waals surface area contributed by atoms with Gasteiger partial charge in [-0.15, -0.1) is 0 Å². The standard InChI is InChI=1S/C38H26N2/c1-3-13-25(14-4-1)35(31-21-11-19-29-27-17-7-9-23-33(27)39-37(29)31)36(26-15-5-2-6-16-26)32-22-12-20-30-28-18-8-10-24-34(28)40-38(30)32/h1-24,39-40H. The molecule has 0 bridgehead atoms. The Hall–Kier alpha value is -5.34. The molecule has 2 aromatic heterocycles. The fraction of sp³-hybridized carbons (Fsp3) is 0. The van der Waals surface area contributed by atoms with Gasteiger partial charge in [0.2, 0.25) is 0 Å². The van der Waals surface area contributed by atoms with Crippen LogP contribution in [0.2, 0.25) is 0 Å². The van der Waals surface area contributed by atoms with Crippen molar-refractivity contribution in [2.24, 2.45) is 0 Å². The van der Waals surface area contributed by atoms with E-state index in [1.165, 1.54) is 54.9 Å². The summed E-state index contributed by atoms with van der Waals surface area (Å²) in [4.78, 5) is 7.54. The number of fused-ring (bicyclic) bond motifs is 6. The predicted molar refractivity (Wildman–Crippen MR) is 170 cm³/mol. The smallest absolute Gasteiger partial charge is 0.0544 e. The second-order valence-electron chi connectivity index (χ2n) is 10.3. The van der Waals surface area contributed by atoms with E-state index in [1.807, 2.05) is 0 Å². The van der Waals surface area contributed by atoms with Crippen molar-refractivity contribution in [3.63, 3.8) is 0 Å². The largest absolute Gasteiger partial charge is 0.354 e. The van der Waals surface area contributed by atoms with Crippen molar-refractivity contribution in [2.45, 2.75) is 0 Å². The van der Waals surface area contributed by atoms with Crippen LogP contribution in [-0.2, 0) is 0 Å². The van der Waals surface area contributed by atoms with Crippen molar-refractivity contribution >= 4 is 54.8 Å². The van der Waals surface area contributed by atoms with E-state index in [1.54, 1.807) is 0 Å². The molecule has 0 aliphatic heterocycles. The van der Waals surface area contributed by atoms with Crippen LogP contribution in [-0.4, -0.2) is 9.97 Å². The van der Waals surface area contributed by atoms with Gasteiger partial charge in [0, 0.05) is 43.7 Å². The van der Waals surface area contributed by atoms with Crippen molar-refractivity contribution in [3.8, 4) is 0 Å². The molecule has 8 rings (SSSR count). The highest BCUT2D eigenvalue weighted by Gasteiger charge is 2.21. The Morgan fingerprint density at radius 2 is 0.700 bits per heavy atom. The molecule has 0 aliphatic carbocycles. The molecule has 2 heteroatoms. The van der Waals surface area contributed by atoms with Gasteiger partial charge in [-0.1, -0.05) is 133 Å². The number of aromatic nitrogens is 2. The predicted octanol–water partition coefficient (Wildman–Crippen LogP) is 9.96. The molecular weight excluding hydrogens is 484 g/mol. The zero-order valence-electron chi connectivity index (χ0n) is 21.9. The maximum absolute atomic E-state index is 3.77. The fourth-order valence-electron chi connectivity index (χ4n) is 6.24. The van der Waals surface area contributed by atoms with Crippen LogP contribution in [0, 0.1) is 0 Å². The molecule has 0 saturated heterocycles. The van der Waals surface area contributed by atoms with Crippen LogP contribution in [0.4, 0.5) is 0 Å². The van der Waals surface area contributed by atoms with Gasteiger partial charge in [-0.05, 0) is 34.4 Å². The average molecular weight is 511 g/mol. The Morgan fingerprint density at radius 1 is 0.325 bits per heavy atom. The highest BCUT2D eigenvalue weighted by atomic mass is 14.7. The second-order valence-corrected chi connectivity index (χ2v) is 10.3. The van der Waals surface area contributed by atoms with Gasteiger partial charge in [-0.2, -0.15) is 0 Å². The lowest BCUT2D eigenvalue weighted by Gasteiger charge is -2.19. The third-order valence-corrected chi connectivity index (χ3v) is 8.00. The van der Waals surface area contributed by atoms with Gasteiger partial charge in [0.05, 0.1) is 11.0 Å². The van der Waals surface area contributed by atoms with Crippen LogP contribution < -0.4 is 0 Å². The van der Waals surface area contributed by atoms with Gasteiger partial charge in [0.15, 0.2) is 0 Å². The minimum Gasteiger partial charge on any atom is -0.354 e. The molecule has 2 nitrogen and oxygen atoms in total. The molecule has 0 amide bonds. The number of nitrogens with one attached hydrogen (secondary N) is 2. The second kappa shape index (κ2) is 9.14. The Bertz CT molecular complexity index is 2040. The summed E-state index contributed by atoms with van der Waals surface area (Å²) in [6.07, 6.45) is 0. The minimum atomic E-state index is 1.15. The number of aromatic amines is 2. The van der Waals surface area contributed by atoms with E-state index in [0.29, 0.717) is 0 Å². The lowest BCUT2D eigenvalue weighted by Crippen LogP contribution is -1.99. The molecule has 8 aromatic rings. The van der Waals surface area contributed by atoms with Crippen LogP contribution in [0.5, 0.6) is 0 Å². The molecule has 188 valence electrons. The number of hydrogen-bond donors (Lipinski definition) is 2. The van der Waals surface area contributed by atoms with Crippen molar-refractivity contribution < 1.29 is 0 Å². The molecule has 0 aliphatic rings. The molecular formula is C38H26N2. The molecule has 2 heterocycles. The van der Waals surface area contributed by atoms with E-state index in [4.69, 9.17) is 0 Å². The van der Waals surface area contributed by atoms with Gasteiger partial charge in [-0.25, -0.2) is 0 Å². The first-order valence-electron chi connectivity index (χ1n) is 13.7. The quantitative estimate of drug-likeness (QED) is 0.221. The number of rotatable bonds is 4. The van der Waals surface area contributed by atoms with Gasteiger partial charge in [0.25, 0.3) is 0 Å². The zero-order valence-corrected chi connectivity index (χ0v) is 21.9. The summed E-state index contributed by atoms with van der Waals surface area (Å²) < 4.78 is 0. The maximum atomic E-state index is 3.77. The molecule has 6 aromatic carbocycles. The van der Waals surface area contributed by atoms with Crippen LogP contribution in [0.15, 0.2) is 146 Å². The topological polar surface area (TPSA) is 31.6 Å². The Balaban J connectivity index is 1.57. The summed E-state index contributed by atoms with van der Waals surface area (Å²) in [6.45, 7) is 0. The number of H-pyrrole nitrogens is 2. The first-order chi connectivity index (χ1) is 19.9. The summed E-state index contributed by atoms with van der Waals surface area (Å²) in [7, 11) is 0. The van der Waals surface area contributed by atoms with E-state index in [-0.39, 0.29) is 0 Å². The first kappa shape index (κ1) is 22.6. The SMILES string of the molecule is c1ccc(C(=C(c2ccccc2)c2cccc3c2[nH]c2ccccc23)c2cccc3c2[nH]c2ccccc23)cc1. The zero-order chi connectivity index (χ0) is 26.5. The highest BCUT2D eigenvalue weighted by molar-refractivity contribution is 6.18. The van der Waals surface area contributed by atoms with Crippen molar-refractivity contribution in [2.75, 3.05) is 0 Å². The Labute approximate surface area is 232 Å². The summed E-state index contributed by atoms with van der Waals surface area (Å²) >= 11 is 0. The van der Waals surface area contributed by atoms with E-state index in [9.17, 15) is 0 Å². The molecule has 0 spiro atoms. The Kier molecular flexibility index (Phi) is 5.17. The lowest BCUT2D eigenvalue weighted by molar-refractivity contribution is 1.48. The van der Waals surface area contributed by atoms with Gasteiger partial charge < -0.3 is 9.97 Å². The number of para-hydroxylation sites is 4. The molecule has 0 saturated carbocycles. The van der Waals surface area contributed by atoms with Crippen molar-refractivity contribution in [3.05, 3.63) is 168 Å². The first-order valence-corrected chi connectivity index (χ1v) is 13.7. The highest BCUT2D eigenvalue weighted by Crippen LogP contribution is 2.43. The van der Waals surface area contributed by atoms with Crippen LogP contribution in [0.1, 0.15) is 22.3 Å². The lowest BCUT2D eigenvalue weighted by atomic mass is 9.84. The molecule has 2 N–H and O–H groups in total. The van der Waals surface area contributed by atoms with Crippen molar-refractivity contribution in [1.29, 1.82) is 0 Å². The third kappa shape index (κ3) is 3.50. The minimum absolute atomic E-state index is 1.15. The normalized spacial score (nSPS) is 12.4. The maximum Gasteiger partial charge on any atom is 0.0544 e. The van der Waals surface area contributed by atoms with Gasteiger partial charge in [-0.3, -0.25) is 0 Å². The van der Waals surface area contributed by atoms with E-state index >= 15 is 0 Å². The number of hydrogen-bond acceptors (Lipinski definition) is 0. The third-order valence-electron chi connectivity index (χ3n) is 8.00. The number of benzene rings is 6. The molecule has 40 heavy (non-hydrogen) atoms. The summed E-state index contributed by atoms with van der Waals surface area (Å²) in [6, 6.07) is 52.1. The summed E-state index contributed by atoms with van der Waals surface area (Å²) in [5.41, 5.74) is 11.7. The summed E-state index contributed by atoms with van der Waals surface area (Å²) in [5, 5.41) is 4.95.